The molecule has 1 heteroatoms. The van der Waals surface area contributed by atoms with E-state index in [2.05, 4.69) is 26.0 Å². The maximum atomic E-state index is 5.49. The van der Waals surface area contributed by atoms with E-state index in [-0.39, 0.29) is 23.1 Å². The van der Waals surface area contributed by atoms with Crippen LogP contribution < -0.4 is 0 Å². The maximum absolute atomic E-state index is 5.49. The van der Waals surface area contributed by atoms with Crippen molar-refractivity contribution < 1.29 is 0 Å². The summed E-state index contributed by atoms with van der Waals surface area (Å²) >= 11 is 0. The van der Waals surface area contributed by atoms with Crippen LogP contribution in [0.3, 0.4) is 0 Å². The minimum Gasteiger partial charge on any atom is -0.517 e. The third kappa shape index (κ3) is 5.46. The molecule has 0 aliphatic carbocycles. The molecule has 0 saturated heterocycles. The van der Waals surface area contributed by atoms with Gasteiger partial charge in [-0.1, -0.05) is 37.3 Å². The second kappa shape index (κ2) is 10.8. The molecule has 0 aliphatic heterocycles. The second-order valence-corrected chi connectivity index (χ2v) is 2.62. The van der Waals surface area contributed by atoms with Gasteiger partial charge in [-0.15, -0.1) is 0 Å². The van der Waals surface area contributed by atoms with Gasteiger partial charge in [0.25, 0.3) is 0 Å². The van der Waals surface area contributed by atoms with Crippen molar-refractivity contribution in [3.63, 3.8) is 0 Å². The number of benzene rings is 1. The van der Waals surface area contributed by atoms with Gasteiger partial charge in [-0.3, -0.25) is 6.08 Å². The molecule has 0 fully saturated rings. The van der Waals surface area contributed by atoms with Crippen molar-refractivity contribution in [1.82, 2.24) is 0 Å². The molecule has 1 atom stereocenters. The van der Waals surface area contributed by atoms with Gasteiger partial charge in [-0.2, -0.15) is 6.92 Å². The van der Waals surface area contributed by atoms with Crippen LogP contribution >= 0.6 is 0 Å². The van der Waals surface area contributed by atoms with E-state index in [9.17, 15) is 0 Å². The van der Waals surface area contributed by atoms with Crippen LogP contribution in [0.2, 0.25) is 0 Å². The SMILES string of the molecule is [CH-]=CC(CC)c1ccccc1.[CH2-]C.[Mg+2]. The molecule has 1 unspecified atom stereocenters. The van der Waals surface area contributed by atoms with Gasteiger partial charge in [0.1, 0.15) is 0 Å². The van der Waals surface area contributed by atoms with Gasteiger partial charge in [0.05, 0.1) is 0 Å². The third-order valence-electron chi connectivity index (χ3n) is 1.90. The zero-order valence-electron chi connectivity index (χ0n) is 9.24. The van der Waals surface area contributed by atoms with Crippen molar-refractivity contribution in [2.24, 2.45) is 0 Å². The molecular weight excluding hydrogens is 180 g/mol. The first-order valence-electron chi connectivity index (χ1n) is 4.69. The molecule has 1 aromatic carbocycles. The molecule has 14 heavy (non-hydrogen) atoms. The Hall–Kier alpha value is -0.274. The fourth-order valence-electron chi connectivity index (χ4n) is 1.18. The molecule has 0 N–H and O–H groups in total. The van der Waals surface area contributed by atoms with Gasteiger partial charge in [-0.25, -0.2) is 0 Å². The molecule has 0 spiro atoms. The monoisotopic (exact) mass is 198 g/mol. The normalized spacial score (nSPS) is 10.2. The number of hydrogen-bond acceptors (Lipinski definition) is 0. The van der Waals surface area contributed by atoms with Gasteiger partial charge in [0.2, 0.25) is 0 Å². The van der Waals surface area contributed by atoms with E-state index in [4.69, 9.17) is 6.58 Å². The van der Waals surface area contributed by atoms with Crippen LogP contribution in [0.25, 0.3) is 0 Å². The minimum absolute atomic E-state index is 0. The van der Waals surface area contributed by atoms with Crippen LogP contribution in [0.1, 0.15) is 31.7 Å². The Morgan fingerprint density at radius 1 is 1.29 bits per heavy atom. The van der Waals surface area contributed by atoms with E-state index in [1.54, 1.807) is 13.0 Å². The van der Waals surface area contributed by atoms with E-state index in [1.807, 2.05) is 18.2 Å². The summed E-state index contributed by atoms with van der Waals surface area (Å²) in [4.78, 5) is 0. The largest absolute Gasteiger partial charge is 2.00 e. The first kappa shape index (κ1) is 16.2. The Kier molecular flexibility index (Phi) is 12.5. The molecule has 0 aliphatic rings. The molecule has 0 saturated carbocycles. The van der Waals surface area contributed by atoms with Crippen molar-refractivity contribution in [2.75, 3.05) is 0 Å². The Morgan fingerprint density at radius 2 is 1.79 bits per heavy atom. The third-order valence-corrected chi connectivity index (χ3v) is 1.90. The Labute approximate surface area is 105 Å². The number of hydrogen-bond donors (Lipinski definition) is 0. The molecule has 1 rings (SSSR count). The van der Waals surface area contributed by atoms with Crippen LogP contribution in [0.15, 0.2) is 36.4 Å². The van der Waals surface area contributed by atoms with E-state index in [0.29, 0.717) is 5.92 Å². The molecule has 0 radical (unpaired) electrons. The van der Waals surface area contributed by atoms with E-state index >= 15 is 0 Å². The van der Waals surface area contributed by atoms with Gasteiger partial charge in [0.15, 0.2) is 0 Å². The van der Waals surface area contributed by atoms with Crippen LogP contribution in [-0.2, 0) is 0 Å². The zero-order valence-corrected chi connectivity index (χ0v) is 10.7. The summed E-state index contributed by atoms with van der Waals surface area (Å²) in [5, 5.41) is 0. The molecular formula is C13H18Mg. The summed E-state index contributed by atoms with van der Waals surface area (Å²) in [5.41, 5.74) is 1.30. The van der Waals surface area contributed by atoms with Gasteiger partial charge in [-0.05, 0) is 17.9 Å². The topological polar surface area (TPSA) is 0 Å². The molecule has 0 aromatic heterocycles. The summed E-state index contributed by atoms with van der Waals surface area (Å²) in [6.45, 7) is 12.6. The average molecular weight is 199 g/mol. The van der Waals surface area contributed by atoms with Crippen molar-refractivity contribution in [3.05, 3.63) is 55.5 Å². The summed E-state index contributed by atoms with van der Waals surface area (Å²) < 4.78 is 0. The molecule has 0 nitrogen and oxygen atoms in total. The quantitative estimate of drug-likeness (QED) is 0.514. The van der Waals surface area contributed by atoms with E-state index in [1.165, 1.54) is 5.56 Å². The summed E-state index contributed by atoms with van der Waals surface area (Å²) in [6.07, 6.45) is 2.83. The standard InChI is InChI=1S/C11H13.C2H5.Mg/c1-3-10(4-2)11-8-6-5-7-9-11;1-2;/h1,3,5-10H,4H2,2H3;1H2,2H3;/q2*-1;+2. The summed E-state index contributed by atoms with van der Waals surface area (Å²) in [5.74, 6) is 0.413. The number of allylic oxidation sites excluding steroid dienone is 1. The Bertz CT molecular complexity index is 216. The summed E-state index contributed by atoms with van der Waals surface area (Å²) in [6, 6.07) is 10.3. The van der Waals surface area contributed by atoms with Gasteiger partial charge in [0, 0.05) is 0 Å². The molecule has 0 amide bonds. The zero-order chi connectivity index (χ0) is 10.1. The molecule has 0 heterocycles. The predicted molar refractivity (Wildman–Crippen MR) is 65.1 cm³/mol. The minimum atomic E-state index is 0. The van der Waals surface area contributed by atoms with E-state index in [0.717, 1.165) is 6.42 Å². The average Bonchev–Trinajstić information content (AvgIpc) is 2.24. The second-order valence-electron chi connectivity index (χ2n) is 2.62. The molecule has 72 valence electrons. The fraction of sp³-hybridized carbons (Fsp3) is 0.308. The predicted octanol–water partition coefficient (Wildman–Crippen LogP) is 3.63. The molecule has 1 aromatic rings. The maximum Gasteiger partial charge on any atom is 2.00 e. The Balaban J connectivity index is 0. The van der Waals surface area contributed by atoms with Crippen molar-refractivity contribution in [1.29, 1.82) is 0 Å². The van der Waals surface area contributed by atoms with Crippen molar-refractivity contribution >= 4 is 23.1 Å². The first-order valence-corrected chi connectivity index (χ1v) is 4.69. The van der Waals surface area contributed by atoms with Crippen molar-refractivity contribution in [2.45, 2.75) is 26.2 Å². The smallest absolute Gasteiger partial charge is 0.517 e. The molecule has 0 bridgehead atoms. The fourth-order valence-corrected chi connectivity index (χ4v) is 1.18. The van der Waals surface area contributed by atoms with Gasteiger partial charge >= 0.3 is 23.1 Å². The summed E-state index contributed by atoms with van der Waals surface area (Å²) in [7, 11) is 0. The Morgan fingerprint density at radius 3 is 2.14 bits per heavy atom. The van der Waals surface area contributed by atoms with Crippen molar-refractivity contribution in [3.8, 4) is 0 Å². The van der Waals surface area contributed by atoms with Gasteiger partial charge < -0.3 is 13.5 Å². The van der Waals surface area contributed by atoms with Crippen LogP contribution in [0.4, 0.5) is 0 Å². The number of rotatable bonds is 3. The van der Waals surface area contributed by atoms with Crippen LogP contribution in [-0.4, -0.2) is 23.1 Å². The van der Waals surface area contributed by atoms with E-state index < -0.39 is 0 Å². The first-order chi connectivity index (χ1) is 6.38. The van der Waals surface area contributed by atoms with Crippen LogP contribution in [0, 0.1) is 13.5 Å². The van der Waals surface area contributed by atoms with Crippen LogP contribution in [0.5, 0.6) is 0 Å².